The Morgan fingerprint density at radius 2 is 2.20 bits per heavy atom. The quantitative estimate of drug-likeness (QED) is 0.899. The van der Waals surface area contributed by atoms with Gasteiger partial charge in [0, 0.05) is 18.8 Å². The molecule has 0 bridgehead atoms. The van der Waals surface area contributed by atoms with Gasteiger partial charge in [-0.3, -0.25) is 9.79 Å². The molecule has 0 spiro atoms. The fourth-order valence-corrected chi connectivity index (χ4v) is 2.72. The smallest absolute Gasteiger partial charge is 0.232 e. The van der Waals surface area contributed by atoms with Crippen LogP contribution in [0.3, 0.4) is 0 Å². The summed E-state index contributed by atoms with van der Waals surface area (Å²) >= 11 is 0. The van der Waals surface area contributed by atoms with E-state index in [1.54, 1.807) is 12.4 Å². The summed E-state index contributed by atoms with van der Waals surface area (Å²) in [5.41, 5.74) is 9.29. The molecular formula is C17H20N2O. The number of nitrogens with two attached hydrogens (primary N) is 1. The van der Waals surface area contributed by atoms with Crippen LogP contribution in [0.2, 0.25) is 0 Å². The van der Waals surface area contributed by atoms with Gasteiger partial charge in [0.25, 0.3) is 0 Å². The molecule has 1 atom stereocenters. The van der Waals surface area contributed by atoms with Crippen LogP contribution < -0.4 is 5.73 Å². The highest BCUT2D eigenvalue weighted by Crippen LogP contribution is 2.37. The second kappa shape index (κ2) is 5.45. The van der Waals surface area contributed by atoms with Crippen molar-refractivity contribution in [3.63, 3.8) is 0 Å². The van der Waals surface area contributed by atoms with Crippen LogP contribution in [0.15, 0.2) is 41.5 Å². The number of hydrogen-bond acceptors (Lipinski definition) is 2. The largest absolute Gasteiger partial charge is 0.369 e. The van der Waals surface area contributed by atoms with E-state index in [2.05, 4.69) is 31.0 Å². The number of carbonyl (C=O) groups is 1. The lowest BCUT2D eigenvalue weighted by molar-refractivity contribution is -0.121. The van der Waals surface area contributed by atoms with Crippen LogP contribution in [0.4, 0.5) is 0 Å². The first-order valence-electron chi connectivity index (χ1n) is 6.75. The van der Waals surface area contributed by atoms with Crippen molar-refractivity contribution in [1.82, 2.24) is 0 Å². The normalized spacial score (nSPS) is 22.1. The van der Waals surface area contributed by atoms with Gasteiger partial charge in [-0.1, -0.05) is 24.3 Å². The maximum absolute atomic E-state index is 12.1. The molecule has 0 saturated heterocycles. The molecule has 1 aromatic carbocycles. The third kappa shape index (κ3) is 2.20. The minimum Gasteiger partial charge on any atom is -0.369 e. The number of amides is 1. The van der Waals surface area contributed by atoms with Crippen molar-refractivity contribution in [1.29, 1.82) is 0 Å². The third-order valence-electron chi connectivity index (χ3n) is 3.98. The van der Waals surface area contributed by atoms with E-state index < -0.39 is 5.41 Å². The molecule has 3 nitrogen and oxygen atoms in total. The van der Waals surface area contributed by atoms with Gasteiger partial charge in [0.05, 0.1) is 5.41 Å². The third-order valence-corrected chi connectivity index (χ3v) is 3.98. The van der Waals surface area contributed by atoms with Crippen molar-refractivity contribution in [2.24, 2.45) is 10.7 Å². The Hall–Kier alpha value is -2.16. The summed E-state index contributed by atoms with van der Waals surface area (Å²) in [6.07, 6.45) is 7.79. The molecule has 20 heavy (non-hydrogen) atoms. The number of nitrogens with zero attached hydrogens (tertiary/aromatic N) is 1. The summed E-state index contributed by atoms with van der Waals surface area (Å²) in [4.78, 5) is 16.2. The van der Waals surface area contributed by atoms with Crippen LogP contribution >= 0.6 is 0 Å². The summed E-state index contributed by atoms with van der Waals surface area (Å²) in [6.45, 7) is 6.11. The molecule has 3 heteroatoms. The zero-order valence-electron chi connectivity index (χ0n) is 12.2. The first-order valence-corrected chi connectivity index (χ1v) is 6.75. The second-order valence-electron chi connectivity index (χ2n) is 5.16. The lowest BCUT2D eigenvalue weighted by Crippen LogP contribution is -2.41. The van der Waals surface area contributed by atoms with Crippen molar-refractivity contribution in [2.45, 2.75) is 32.6 Å². The fraction of sp³-hybridized carbons (Fsp3) is 0.294. The van der Waals surface area contributed by atoms with Crippen molar-refractivity contribution in [2.75, 3.05) is 0 Å². The average molecular weight is 268 g/mol. The molecule has 0 aromatic heterocycles. The van der Waals surface area contributed by atoms with Gasteiger partial charge >= 0.3 is 0 Å². The highest BCUT2D eigenvalue weighted by atomic mass is 16.1. The Morgan fingerprint density at radius 3 is 2.75 bits per heavy atom. The zero-order valence-corrected chi connectivity index (χ0v) is 12.2. The fourth-order valence-electron chi connectivity index (χ4n) is 2.72. The molecule has 2 N–H and O–H groups in total. The highest BCUT2D eigenvalue weighted by molar-refractivity contribution is 5.94. The first kappa shape index (κ1) is 14.3. The Bertz CT molecular complexity index is 626. The van der Waals surface area contributed by atoms with Gasteiger partial charge in [-0.2, -0.15) is 0 Å². The molecule has 0 saturated carbocycles. The summed E-state index contributed by atoms with van der Waals surface area (Å²) < 4.78 is 0. The lowest BCUT2D eigenvalue weighted by atomic mass is 9.72. The van der Waals surface area contributed by atoms with E-state index in [0.717, 1.165) is 22.3 Å². The molecule has 0 aliphatic carbocycles. The van der Waals surface area contributed by atoms with Gasteiger partial charge in [-0.25, -0.2) is 0 Å². The number of primary amides is 1. The molecule has 0 fully saturated rings. The maximum atomic E-state index is 12.1. The molecule has 0 radical (unpaired) electrons. The standard InChI is InChI=1S/C17H20N2O/c1-4-12(2)15-13(3)6-5-7-14(15)17(16(18)20)8-10-19-11-9-17/h4-8,10-11H,9H2,1-3H3,(H2,18,20). The Morgan fingerprint density at radius 1 is 1.45 bits per heavy atom. The minimum atomic E-state index is -0.798. The van der Waals surface area contributed by atoms with Crippen molar-refractivity contribution in [3.8, 4) is 0 Å². The van der Waals surface area contributed by atoms with E-state index in [-0.39, 0.29) is 5.91 Å². The van der Waals surface area contributed by atoms with E-state index in [4.69, 9.17) is 5.73 Å². The molecule has 1 unspecified atom stereocenters. The predicted octanol–water partition coefficient (Wildman–Crippen LogP) is 3.13. The number of aliphatic imine (C=N–C) groups is 1. The van der Waals surface area contributed by atoms with E-state index in [9.17, 15) is 4.79 Å². The Balaban J connectivity index is 2.74. The van der Waals surface area contributed by atoms with Crippen LogP contribution in [0, 0.1) is 6.92 Å². The SMILES string of the molecule is CC=C(C)c1c(C)cccc1C1(C(N)=O)C=CN=CC1. The number of benzene rings is 1. The molecule has 1 amide bonds. The van der Waals surface area contributed by atoms with Crippen LogP contribution in [-0.2, 0) is 10.2 Å². The zero-order chi connectivity index (χ0) is 14.8. The van der Waals surface area contributed by atoms with E-state index >= 15 is 0 Å². The molecular weight excluding hydrogens is 248 g/mol. The Kier molecular flexibility index (Phi) is 3.89. The molecule has 1 heterocycles. The van der Waals surface area contributed by atoms with Gasteiger partial charge in [-0.15, -0.1) is 0 Å². The van der Waals surface area contributed by atoms with Crippen LogP contribution in [0.5, 0.6) is 0 Å². The number of allylic oxidation sites excluding steroid dienone is 2. The molecule has 1 aliphatic heterocycles. The number of carbonyl (C=O) groups excluding carboxylic acids is 1. The van der Waals surface area contributed by atoms with Crippen LogP contribution in [0.1, 0.15) is 37.0 Å². The molecule has 2 rings (SSSR count). The van der Waals surface area contributed by atoms with Gasteiger partial charge in [0.15, 0.2) is 0 Å². The summed E-state index contributed by atoms with van der Waals surface area (Å²) in [6, 6.07) is 6.02. The summed E-state index contributed by atoms with van der Waals surface area (Å²) in [5.74, 6) is -0.337. The maximum Gasteiger partial charge on any atom is 0.232 e. The van der Waals surface area contributed by atoms with Gasteiger partial charge in [-0.05, 0) is 49.1 Å². The predicted molar refractivity (Wildman–Crippen MR) is 83.6 cm³/mol. The van der Waals surface area contributed by atoms with Crippen LogP contribution in [-0.4, -0.2) is 12.1 Å². The lowest BCUT2D eigenvalue weighted by Gasteiger charge is -2.31. The van der Waals surface area contributed by atoms with E-state index in [0.29, 0.717) is 6.42 Å². The van der Waals surface area contributed by atoms with Gasteiger partial charge in [0.2, 0.25) is 5.91 Å². The topological polar surface area (TPSA) is 55.5 Å². The van der Waals surface area contributed by atoms with Crippen LogP contribution in [0.25, 0.3) is 5.57 Å². The minimum absolute atomic E-state index is 0.337. The number of aryl methyl sites for hydroxylation is 1. The van der Waals surface area contributed by atoms with Crippen molar-refractivity contribution in [3.05, 3.63) is 53.2 Å². The van der Waals surface area contributed by atoms with Gasteiger partial charge < -0.3 is 5.73 Å². The van der Waals surface area contributed by atoms with Crippen molar-refractivity contribution < 1.29 is 4.79 Å². The molecule has 104 valence electrons. The number of rotatable bonds is 3. The highest BCUT2D eigenvalue weighted by Gasteiger charge is 2.38. The first-order chi connectivity index (χ1) is 9.53. The molecule has 1 aromatic rings. The second-order valence-corrected chi connectivity index (χ2v) is 5.16. The monoisotopic (exact) mass is 268 g/mol. The van der Waals surface area contributed by atoms with E-state index in [1.807, 2.05) is 25.1 Å². The van der Waals surface area contributed by atoms with Gasteiger partial charge in [0.1, 0.15) is 0 Å². The number of hydrogen-bond donors (Lipinski definition) is 1. The summed E-state index contributed by atoms with van der Waals surface area (Å²) in [7, 11) is 0. The average Bonchev–Trinajstić information content (AvgIpc) is 2.46. The van der Waals surface area contributed by atoms with E-state index in [1.165, 1.54) is 0 Å². The summed E-state index contributed by atoms with van der Waals surface area (Å²) in [5, 5.41) is 0. The Labute approximate surface area is 119 Å². The molecule has 1 aliphatic rings. The van der Waals surface area contributed by atoms with Crippen molar-refractivity contribution >= 4 is 17.7 Å².